The van der Waals surface area contributed by atoms with Gasteiger partial charge in [0.25, 0.3) is 0 Å². The van der Waals surface area contributed by atoms with E-state index in [1.807, 2.05) is 30.1 Å². The van der Waals surface area contributed by atoms with Crippen LogP contribution >= 0.6 is 0 Å². The number of carbonyl (C=O) groups excluding carboxylic acids is 1. The highest BCUT2D eigenvalue weighted by Gasteiger charge is 2.18. The van der Waals surface area contributed by atoms with Crippen LogP contribution in [0.15, 0.2) is 42.6 Å². The minimum absolute atomic E-state index is 0.330. The Morgan fingerprint density at radius 1 is 1.29 bits per heavy atom. The van der Waals surface area contributed by atoms with E-state index in [1.54, 1.807) is 31.3 Å². The van der Waals surface area contributed by atoms with Gasteiger partial charge in [-0.2, -0.15) is 0 Å². The topological polar surface area (TPSA) is 68.5 Å². The summed E-state index contributed by atoms with van der Waals surface area (Å²) >= 11 is 0. The number of nitrogen functional groups attached to an aromatic ring is 1. The molecule has 110 valence electrons. The largest absolute Gasteiger partial charge is 0.462 e. The minimum atomic E-state index is -0.368. The van der Waals surface area contributed by atoms with Crippen molar-refractivity contribution in [2.45, 2.75) is 13.5 Å². The second-order valence-electron chi connectivity index (χ2n) is 4.64. The van der Waals surface area contributed by atoms with Crippen molar-refractivity contribution in [3.8, 4) is 0 Å². The van der Waals surface area contributed by atoms with E-state index in [2.05, 4.69) is 4.98 Å². The van der Waals surface area contributed by atoms with Gasteiger partial charge in [-0.15, -0.1) is 0 Å². The van der Waals surface area contributed by atoms with Crippen LogP contribution in [-0.4, -0.2) is 24.6 Å². The van der Waals surface area contributed by atoms with Gasteiger partial charge in [-0.3, -0.25) is 4.98 Å². The summed E-state index contributed by atoms with van der Waals surface area (Å²) in [6.45, 7) is 2.67. The summed E-state index contributed by atoms with van der Waals surface area (Å²) in [5.41, 5.74) is 8.62. The van der Waals surface area contributed by atoms with Gasteiger partial charge < -0.3 is 15.4 Å². The van der Waals surface area contributed by atoms with Crippen LogP contribution in [-0.2, 0) is 11.3 Å². The molecule has 2 aromatic rings. The lowest BCUT2D eigenvalue weighted by Gasteiger charge is -2.23. The second kappa shape index (κ2) is 6.74. The van der Waals surface area contributed by atoms with Crippen molar-refractivity contribution in [2.75, 3.05) is 24.3 Å². The highest BCUT2D eigenvalue weighted by atomic mass is 16.5. The lowest BCUT2D eigenvalue weighted by Crippen LogP contribution is -2.22. The molecule has 0 bridgehead atoms. The number of ether oxygens (including phenoxy) is 1. The highest BCUT2D eigenvalue weighted by molar-refractivity contribution is 5.99. The van der Waals surface area contributed by atoms with Crippen LogP contribution < -0.4 is 10.6 Å². The van der Waals surface area contributed by atoms with Crippen LogP contribution in [0.4, 0.5) is 11.4 Å². The zero-order chi connectivity index (χ0) is 15.2. The lowest BCUT2D eigenvalue weighted by molar-refractivity contribution is 0.0527. The maximum Gasteiger partial charge on any atom is 0.340 e. The maximum atomic E-state index is 12.1. The monoisotopic (exact) mass is 285 g/mol. The third-order valence-electron chi connectivity index (χ3n) is 3.07. The molecule has 0 atom stereocenters. The predicted molar refractivity (Wildman–Crippen MR) is 83.2 cm³/mol. The van der Waals surface area contributed by atoms with Gasteiger partial charge in [-0.25, -0.2) is 4.79 Å². The summed E-state index contributed by atoms with van der Waals surface area (Å²) in [7, 11) is 1.88. The Balaban J connectivity index is 2.31. The van der Waals surface area contributed by atoms with Gasteiger partial charge in [0.15, 0.2) is 0 Å². The number of benzene rings is 1. The standard InChI is InChI=1S/C16H19N3O2/c1-3-21-16(20)13-8-6-9-14(17)15(13)19(2)11-12-7-4-5-10-18-12/h4-10H,3,11,17H2,1-2H3. The van der Waals surface area contributed by atoms with Crippen molar-refractivity contribution < 1.29 is 9.53 Å². The fourth-order valence-corrected chi connectivity index (χ4v) is 2.17. The number of hydrogen-bond donors (Lipinski definition) is 1. The fraction of sp³-hybridized carbons (Fsp3) is 0.250. The molecular weight excluding hydrogens is 266 g/mol. The molecule has 5 heteroatoms. The number of nitrogens with two attached hydrogens (primary N) is 1. The van der Waals surface area contributed by atoms with Gasteiger partial charge in [0.2, 0.25) is 0 Å². The first kappa shape index (κ1) is 14.8. The second-order valence-corrected chi connectivity index (χ2v) is 4.64. The molecule has 21 heavy (non-hydrogen) atoms. The van der Waals surface area contributed by atoms with Crippen molar-refractivity contribution in [1.29, 1.82) is 0 Å². The van der Waals surface area contributed by atoms with E-state index >= 15 is 0 Å². The average Bonchev–Trinajstić information content (AvgIpc) is 2.48. The molecule has 5 nitrogen and oxygen atoms in total. The molecule has 0 unspecified atom stereocenters. The zero-order valence-corrected chi connectivity index (χ0v) is 12.2. The fourth-order valence-electron chi connectivity index (χ4n) is 2.17. The van der Waals surface area contributed by atoms with Gasteiger partial charge in [-0.05, 0) is 31.2 Å². The van der Waals surface area contributed by atoms with Crippen LogP contribution in [0.25, 0.3) is 0 Å². The molecule has 1 aromatic heterocycles. The number of aromatic nitrogens is 1. The van der Waals surface area contributed by atoms with Gasteiger partial charge in [0.1, 0.15) is 0 Å². The number of nitrogens with zero attached hydrogens (tertiary/aromatic N) is 2. The van der Waals surface area contributed by atoms with Crippen molar-refractivity contribution in [3.63, 3.8) is 0 Å². The van der Waals surface area contributed by atoms with Crippen molar-refractivity contribution in [2.24, 2.45) is 0 Å². The van der Waals surface area contributed by atoms with E-state index in [4.69, 9.17) is 10.5 Å². The molecule has 0 fully saturated rings. The minimum Gasteiger partial charge on any atom is -0.462 e. The first-order valence-electron chi connectivity index (χ1n) is 6.80. The number of carbonyl (C=O) groups is 1. The molecule has 0 spiro atoms. The van der Waals surface area contributed by atoms with Gasteiger partial charge in [0.05, 0.1) is 35.8 Å². The summed E-state index contributed by atoms with van der Waals surface area (Å²) in [4.78, 5) is 18.2. The van der Waals surface area contributed by atoms with Gasteiger partial charge in [0, 0.05) is 13.2 Å². The van der Waals surface area contributed by atoms with E-state index in [0.717, 1.165) is 5.69 Å². The van der Waals surface area contributed by atoms with E-state index in [0.29, 0.717) is 30.1 Å². The summed E-state index contributed by atoms with van der Waals surface area (Å²) in [5.74, 6) is -0.368. The molecular formula is C16H19N3O2. The first-order valence-corrected chi connectivity index (χ1v) is 6.80. The number of para-hydroxylation sites is 1. The molecule has 0 radical (unpaired) electrons. The molecule has 0 aliphatic heterocycles. The van der Waals surface area contributed by atoms with Crippen LogP contribution in [0.1, 0.15) is 23.0 Å². The normalized spacial score (nSPS) is 10.2. The number of esters is 1. The van der Waals surface area contributed by atoms with Gasteiger partial charge in [-0.1, -0.05) is 12.1 Å². The predicted octanol–water partition coefficient (Wildman–Crippen LogP) is 2.48. The Hall–Kier alpha value is -2.56. The quantitative estimate of drug-likeness (QED) is 0.675. The first-order chi connectivity index (χ1) is 10.1. The number of rotatable bonds is 5. The SMILES string of the molecule is CCOC(=O)c1cccc(N)c1N(C)Cc1ccccn1. The third kappa shape index (κ3) is 3.51. The van der Waals surface area contributed by atoms with Gasteiger partial charge >= 0.3 is 5.97 Å². The zero-order valence-electron chi connectivity index (χ0n) is 12.2. The Morgan fingerprint density at radius 3 is 2.76 bits per heavy atom. The maximum absolute atomic E-state index is 12.1. The number of hydrogen-bond acceptors (Lipinski definition) is 5. The molecule has 0 saturated heterocycles. The highest BCUT2D eigenvalue weighted by Crippen LogP contribution is 2.28. The van der Waals surface area contributed by atoms with E-state index < -0.39 is 0 Å². The Labute approximate surface area is 124 Å². The molecule has 2 rings (SSSR count). The molecule has 1 aromatic carbocycles. The Kier molecular flexibility index (Phi) is 4.77. The summed E-state index contributed by atoms with van der Waals surface area (Å²) < 4.78 is 5.09. The van der Waals surface area contributed by atoms with E-state index in [9.17, 15) is 4.79 Å². The third-order valence-corrected chi connectivity index (χ3v) is 3.07. The molecule has 0 saturated carbocycles. The summed E-state index contributed by atoms with van der Waals surface area (Å²) in [5, 5.41) is 0. The Morgan fingerprint density at radius 2 is 2.10 bits per heavy atom. The molecule has 0 aliphatic rings. The number of pyridine rings is 1. The Bertz CT molecular complexity index is 614. The van der Waals surface area contributed by atoms with Crippen molar-refractivity contribution >= 4 is 17.3 Å². The summed E-state index contributed by atoms with van der Waals surface area (Å²) in [6, 6.07) is 11.0. The molecule has 0 aliphatic carbocycles. The van der Waals surface area contributed by atoms with Crippen LogP contribution in [0.2, 0.25) is 0 Å². The van der Waals surface area contributed by atoms with Crippen LogP contribution in [0.3, 0.4) is 0 Å². The van der Waals surface area contributed by atoms with Crippen molar-refractivity contribution in [1.82, 2.24) is 4.98 Å². The van der Waals surface area contributed by atoms with Crippen molar-refractivity contribution in [3.05, 3.63) is 53.9 Å². The average molecular weight is 285 g/mol. The number of anilines is 2. The molecule has 2 N–H and O–H groups in total. The van der Waals surface area contributed by atoms with Crippen LogP contribution in [0, 0.1) is 0 Å². The summed E-state index contributed by atoms with van der Waals surface area (Å²) in [6.07, 6.45) is 1.74. The van der Waals surface area contributed by atoms with E-state index in [1.165, 1.54) is 0 Å². The smallest absolute Gasteiger partial charge is 0.340 e. The van der Waals surface area contributed by atoms with E-state index in [-0.39, 0.29) is 5.97 Å². The molecule has 0 amide bonds. The molecule has 1 heterocycles. The lowest BCUT2D eigenvalue weighted by atomic mass is 10.1. The van der Waals surface area contributed by atoms with Crippen LogP contribution in [0.5, 0.6) is 0 Å².